The number of hydrogen-bond acceptors (Lipinski definition) is 5. The standard InChI is InChI=1S/C28H24N2O4/c1-2-28(33)14-25(31)34-16-21-22(28)13-24-26-20(15-30(24)27(21)32)19(12-17-8-4-3-5-9-17)18-10-6-7-11-23(18)29-26/h3-11,13,33H,2,12,14-16H2,1H3/t28-/m1/s1. The Kier molecular flexibility index (Phi) is 4.67. The van der Waals surface area contributed by atoms with Crippen LogP contribution in [0.1, 0.15) is 47.6 Å². The van der Waals surface area contributed by atoms with Crippen molar-refractivity contribution in [3.63, 3.8) is 0 Å². The number of cyclic esters (lactones) is 1. The summed E-state index contributed by atoms with van der Waals surface area (Å²) in [5.74, 6) is -0.500. The van der Waals surface area contributed by atoms with Gasteiger partial charge in [-0.3, -0.25) is 9.59 Å². The SMILES string of the molecule is CC[C@@]1(O)CC(=O)OCc2c1cc1n(c2=O)Cc2c-1nc1ccccc1c2Cc1ccccc1. The molecule has 0 saturated carbocycles. The molecule has 4 heterocycles. The van der Waals surface area contributed by atoms with Crippen LogP contribution in [0.3, 0.4) is 0 Å². The lowest BCUT2D eigenvalue weighted by Crippen LogP contribution is -2.32. The third-order valence-corrected chi connectivity index (χ3v) is 7.19. The highest BCUT2D eigenvalue weighted by Crippen LogP contribution is 2.40. The van der Waals surface area contributed by atoms with Gasteiger partial charge in [0.15, 0.2) is 0 Å². The van der Waals surface area contributed by atoms with Crippen molar-refractivity contribution >= 4 is 16.9 Å². The van der Waals surface area contributed by atoms with Gasteiger partial charge < -0.3 is 14.4 Å². The lowest BCUT2D eigenvalue weighted by molar-refractivity contribution is -0.149. The lowest BCUT2D eigenvalue weighted by atomic mass is 9.85. The van der Waals surface area contributed by atoms with Gasteiger partial charge in [-0.15, -0.1) is 0 Å². The summed E-state index contributed by atoms with van der Waals surface area (Å²) in [5, 5.41) is 12.4. The fraction of sp³-hybridized carbons (Fsp3) is 0.250. The largest absolute Gasteiger partial charge is 0.460 e. The number of para-hydroxylation sites is 1. The molecule has 6 heteroatoms. The average molecular weight is 453 g/mol. The smallest absolute Gasteiger partial charge is 0.309 e. The van der Waals surface area contributed by atoms with Crippen LogP contribution in [0.2, 0.25) is 0 Å². The number of rotatable bonds is 3. The van der Waals surface area contributed by atoms with E-state index in [-0.39, 0.29) is 18.6 Å². The fourth-order valence-electron chi connectivity index (χ4n) is 5.31. The molecular formula is C28H24N2O4. The second-order valence-electron chi connectivity index (χ2n) is 9.13. The van der Waals surface area contributed by atoms with Crippen molar-refractivity contribution in [3.05, 3.63) is 98.8 Å². The number of carbonyl (C=O) groups excluding carboxylic acids is 1. The van der Waals surface area contributed by atoms with E-state index in [0.717, 1.165) is 34.1 Å². The molecule has 0 bridgehead atoms. The number of aromatic nitrogens is 2. The predicted molar refractivity (Wildman–Crippen MR) is 128 cm³/mol. The van der Waals surface area contributed by atoms with Crippen LogP contribution >= 0.6 is 0 Å². The van der Waals surface area contributed by atoms with E-state index in [2.05, 4.69) is 18.2 Å². The Morgan fingerprint density at radius 3 is 2.62 bits per heavy atom. The minimum Gasteiger partial charge on any atom is -0.460 e. The number of fused-ring (bicyclic) bond motifs is 5. The highest BCUT2D eigenvalue weighted by molar-refractivity contribution is 5.88. The molecule has 1 N–H and O–H groups in total. The van der Waals surface area contributed by atoms with E-state index in [1.54, 1.807) is 4.57 Å². The zero-order chi connectivity index (χ0) is 23.4. The van der Waals surface area contributed by atoms with E-state index in [1.165, 1.54) is 5.56 Å². The van der Waals surface area contributed by atoms with Crippen molar-refractivity contribution in [2.45, 2.75) is 44.9 Å². The molecule has 0 spiro atoms. The first-order chi connectivity index (χ1) is 16.5. The van der Waals surface area contributed by atoms with E-state index in [9.17, 15) is 14.7 Å². The summed E-state index contributed by atoms with van der Waals surface area (Å²) >= 11 is 0. The van der Waals surface area contributed by atoms with Crippen LogP contribution in [0.4, 0.5) is 0 Å². The molecule has 0 fully saturated rings. The minimum atomic E-state index is -1.44. The van der Waals surface area contributed by atoms with Crippen LogP contribution < -0.4 is 5.56 Å². The molecule has 0 unspecified atom stereocenters. The Bertz CT molecular complexity index is 1520. The summed E-state index contributed by atoms with van der Waals surface area (Å²) in [4.78, 5) is 30.7. The first kappa shape index (κ1) is 20.8. The van der Waals surface area contributed by atoms with Gasteiger partial charge in [0.25, 0.3) is 5.56 Å². The van der Waals surface area contributed by atoms with Gasteiger partial charge in [-0.25, -0.2) is 4.98 Å². The summed E-state index contributed by atoms with van der Waals surface area (Å²) in [7, 11) is 0. The van der Waals surface area contributed by atoms with Crippen LogP contribution in [0.15, 0.2) is 65.5 Å². The van der Waals surface area contributed by atoms with E-state index >= 15 is 0 Å². The van der Waals surface area contributed by atoms with Crippen molar-refractivity contribution < 1.29 is 14.6 Å². The summed E-state index contributed by atoms with van der Waals surface area (Å²) in [6.45, 7) is 2.08. The monoisotopic (exact) mass is 452 g/mol. The Balaban J connectivity index is 1.61. The first-order valence-electron chi connectivity index (χ1n) is 11.6. The van der Waals surface area contributed by atoms with E-state index < -0.39 is 11.6 Å². The van der Waals surface area contributed by atoms with Crippen LogP contribution in [0.25, 0.3) is 22.3 Å². The number of hydrogen-bond donors (Lipinski definition) is 1. The molecule has 6 nitrogen and oxygen atoms in total. The maximum absolute atomic E-state index is 13.6. The van der Waals surface area contributed by atoms with Gasteiger partial charge in [0.05, 0.1) is 35.4 Å². The van der Waals surface area contributed by atoms with Crippen molar-refractivity contribution in [2.75, 3.05) is 0 Å². The number of ether oxygens (including phenoxy) is 1. The zero-order valence-electron chi connectivity index (χ0n) is 18.9. The van der Waals surface area contributed by atoms with Gasteiger partial charge in [0.1, 0.15) is 12.2 Å². The molecule has 4 aromatic rings. The van der Waals surface area contributed by atoms with Crippen molar-refractivity contribution in [1.29, 1.82) is 0 Å². The Morgan fingerprint density at radius 1 is 1.06 bits per heavy atom. The number of pyridine rings is 2. The number of esters is 1. The molecule has 2 aliphatic heterocycles. The quantitative estimate of drug-likeness (QED) is 0.418. The second-order valence-corrected chi connectivity index (χ2v) is 9.13. The van der Waals surface area contributed by atoms with Gasteiger partial charge in [0, 0.05) is 10.9 Å². The highest BCUT2D eigenvalue weighted by Gasteiger charge is 2.39. The molecule has 2 aromatic carbocycles. The minimum absolute atomic E-state index is 0.127. The average Bonchev–Trinajstić information content (AvgIpc) is 3.16. The normalized spacial score (nSPS) is 18.7. The molecule has 1 atom stereocenters. The van der Waals surface area contributed by atoms with E-state index in [4.69, 9.17) is 9.72 Å². The molecule has 0 aliphatic carbocycles. The van der Waals surface area contributed by atoms with E-state index in [0.29, 0.717) is 29.8 Å². The van der Waals surface area contributed by atoms with Crippen molar-refractivity contribution in [1.82, 2.24) is 9.55 Å². The Morgan fingerprint density at radius 2 is 1.82 bits per heavy atom. The number of carbonyl (C=O) groups is 1. The summed E-state index contributed by atoms with van der Waals surface area (Å²) in [6.07, 6.45) is 0.858. The molecule has 34 heavy (non-hydrogen) atoms. The topological polar surface area (TPSA) is 81.4 Å². The van der Waals surface area contributed by atoms with Crippen molar-refractivity contribution in [2.24, 2.45) is 0 Å². The maximum Gasteiger partial charge on any atom is 0.309 e. The fourth-order valence-corrected chi connectivity index (χ4v) is 5.31. The molecule has 2 aliphatic rings. The predicted octanol–water partition coefficient (Wildman–Crippen LogP) is 4.06. The molecular weight excluding hydrogens is 428 g/mol. The van der Waals surface area contributed by atoms with Crippen LogP contribution in [-0.4, -0.2) is 20.6 Å². The van der Waals surface area contributed by atoms with Crippen LogP contribution in [0, 0.1) is 0 Å². The molecule has 6 rings (SSSR count). The second kappa shape index (κ2) is 7.64. The van der Waals surface area contributed by atoms with Gasteiger partial charge in [-0.1, -0.05) is 55.5 Å². The molecule has 0 amide bonds. The third kappa shape index (κ3) is 3.10. The van der Waals surface area contributed by atoms with Gasteiger partial charge in [-0.2, -0.15) is 0 Å². The van der Waals surface area contributed by atoms with Gasteiger partial charge in [0.2, 0.25) is 0 Å². The van der Waals surface area contributed by atoms with Crippen LogP contribution in [-0.2, 0) is 34.7 Å². The number of benzene rings is 2. The molecule has 2 aromatic heterocycles. The highest BCUT2D eigenvalue weighted by atomic mass is 16.5. The lowest BCUT2D eigenvalue weighted by Gasteiger charge is -2.26. The Hall–Kier alpha value is -3.77. The summed E-state index contributed by atoms with van der Waals surface area (Å²) < 4.78 is 6.99. The maximum atomic E-state index is 13.6. The molecule has 0 radical (unpaired) electrons. The van der Waals surface area contributed by atoms with Crippen LogP contribution in [0.5, 0.6) is 0 Å². The molecule has 0 saturated heterocycles. The first-order valence-corrected chi connectivity index (χ1v) is 11.6. The summed E-state index contributed by atoms with van der Waals surface area (Å²) in [5.41, 5.74) is 4.83. The number of aliphatic hydroxyl groups is 1. The van der Waals surface area contributed by atoms with E-state index in [1.807, 2.05) is 49.4 Å². The molecule has 170 valence electrons. The Labute approximate surface area is 196 Å². The van der Waals surface area contributed by atoms with Gasteiger partial charge >= 0.3 is 5.97 Å². The zero-order valence-corrected chi connectivity index (χ0v) is 18.9. The van der Waals surface area contributed by atoms with Gasteiger partial charge in [-0.05, 0) is 41.7 Å². The van der Waals surface area contributed by atoms with Crippen molar-refractivity contribution in [3.8, 4) is 11.4 Å². The number of nitrogens with zero attached hydrogens (tertiary/aromatic N) is 2. The summed E-state index contributed by atoms with van der Waals surface area (Å²) in [6, 6.07) is 20.2. The third-order valence-electron chi connectivity index (χ3n) is 7.19.